The Kier molecular flexibility index (Phi) is 8.31. The molecule has 0 N–H and O–H groups in total. The van der Waals surface area contributed by atoms with Crippen LogP contribution in [0.15, 0.2) is 0 Å². The number of unbranched alkanes of at least 4 members (excludes halogenated alkanes) is 2. The highest BCUT2D eigenvalue weighted by Gasteiger charge is 2.00. The van der Waals surface area contributed by atoms with Crippen molar-refractivity contribution in [2.45, 2.75) is 19.3 Å². The van der Waals surface area contributed by atoms with Gasteiger partial charge in [0, 0.05) is 17.9 Å². The zero-order valence-electron chi connectivity index (χ0n) is 7.96. The second kappa shape index (κ2) is 7.94. The van der Waals surface area contributed by atoms with Gasteiger partial charge in [0.05, 0.1) is 5.75 Å². The Morgan fingerprint density at radius 2 is 1.85 bits per heavy atom. The first kappa shape index (κ1) is 13.6. The van der Waals surface area contributed by atoms with Crippen LogP contribution in [0.2, 0.25) is 0 Å². The normalized spacial score (nSPS) is 11.8. The molecule has 0 aromatic heterocycles. The Balaban J connectivity index is 3.09. The minimum absolute atomic E-state index is 0.299. The minimum atomic E-state index is -2.76. The number of hydrogen-bond donors (Lipinski definition) is 0. The number of hydrogen-bond acceptors (Lipinski definition) is 3. The van der Waals surface area contributed by atoms with Crippen LogP contribution in [0.4, 0.5) is 0 Å². The molecule has 0 rings (SSSR count). The molecule has 0 atom stereocenters. The van der Waals surface area contributed by atoms with Crippen LogP contribution in [-0.4, -0.2) is 37.8 Å². The molecule has 80 valence electrons. The van der Waals surface area contributed by atoms with E-state index >= 15 is 0 Å². The Bertz CT molecular complexity index is 202. The lowest BCUT2D eigenvalue weighted by atomic mass is 10.3. The van der Waals surface area contributed by atoms with Crippen LogP contribution in [0.5, 0.6) is 0 Å². The van der Waals surface area contributed by atoms with E-state index in [-0.39, 0.29) is 0 Å². The second-order valence-corrected chi connectivity index (χ2v) is 6.85. The Morgan fingerprint density at radius 1 is 1.15 bits per heavy atom. The summed E-state index contributed by atoms with van der Waals surface area (Å²) in [5.41, 5.74) is 0. The summed E-state index contributed by atoms with van der Waals surface area (Å²) in [4.78, 5) is 0. The van der Waals surface area contributed by atoms with Crippen LogP contribution in [0.1, 0.15) is 19.3 Å². The summed E-state index contributed by atoms with van der Waals surface area (Å²) in [5.74, 6) is 2.80. The van der Waals surface area contributed by atoms with E-state index in [0.717, 1.165) is 36.6 Å². The average molecular weight is 245 g/mol. The van der Waals surface area contributed by atoms with Gasteiger partial charge in [0.25, 0.3) is 0 Å². The van der Waals surface area contributed by atoms with E-state index in [0.29, 0.717) is 5.75 Å². The molecule has 0 bridgehead atoms. The van der Waals surface area contributed by atoms with E-state index in [2.05, 4.69) is 0 Å². The average Bonchev–Trinajstić information content (AvgIpc) is 2.01. The molecule has 5 heteroatoms. The summed E-state index contributed by atoms with van der Waals surface area (Å²) in [6.45, 7) is 0. The second-order valence-electron chi connectivity index (χ2n) is 2.99. The van der Waals surface area contributed by atoms with Crippen molar-refractivity contribution in [3.05, 3.63) is 0 Å². The SMILES string of the molecule is CS(=O)(=O)CCSCCCCCCl. The topological polar surface area (TPSA) is 34.1 Å². The van der Waals surface area contributed by atoms with E-state index in [9.17, 15) is 8.42 Å². The predicted molar refractivity (Wildman–Crippen MR) is 61.6 cm³/mol. The molecular weight excluding hydrogens is 228 g/mol. The van der Waals surface area contributed by atoms with Gasteiger partial charge in [-0.1, -0.05) is 6.42 Å². The highest BCUT2D eigenvalue weighted by molar-refractivity contribution is 8.00. The van der Waals surface area contributed by atoms with Crippen molar-refractivity contribution >= 4 is 33.2 Å². The van der Waals surface area contributed by atoms with E-state index in [1.807, 2.05) is 0 Å². The third kappa shape index (κ3) is 12.6. The lowest BCUT2D eigenvalue weighted by Crippen LogP contribution is -2.05. The van der Waals surface area contributed by atoms with Gasteiger partial charge < -0.3 is 0 Å². The van der Waals surface area contributed by atoms with Crippen molar-refractivity contribution < 1.29 is 8.42 Å². The summed E-state index contributed by atoms with van der Waals surface area (Å²) >= 11 is 7.22. The van der Waals surface area contributed by atoms with Gasteiger partial charge in [-0.2, -0.15) is 11.8 Å². The number of sulfone groups is 1. The van der Waals surface area contributed by atoms with Crippen LogP contribution in [0.3, 0.4) is 0 Å². The predicted octanol–water partition coefficient (Wildman–Crippen LogP) is 2.17. The van der Waals surface area contributed by atoms with E-state index in [1.54, 1.807) is 11.8 Å². The molecule has 0 unspecified atom stereocenters. The van der Waals surface area contributed by atoms with Gasteiger partial charge in [0.2, 0.25) is 0 Å². The third-order valence-electron chi connectivity index (χ3n) is 1.52. The molecule has 0 aliphatic heterocycles. The maximum Gasteiger partial charge on any atom is 0.148 e. The lowest BCUT2D eigenvalue weighted by molar-refractivity contribution is 0.603. The molecule has 0 amide bonds. The summed E-state index contributed by atoms with van der Waals surface area (Å²) in [7, 11) is -2.76. The number of alkyl halides is 1. The van der Waals surface area contributed by atoms with Gasteiger partial charge >= 0.3 is 0 Å². The maximum atomic E-state index is 10.7. The fourth-order valence-corrected chi connectivity index (χ4v) is 3.27. The van der Waals surface area contributed by atoms with E-state index < -0.39 is 9.84 Å². The van der Waals surface area contributed by atoms with Gasteiger partial charge in [-0.05, 0) is 18.6 Å². The zero-order valence-corrected chi connectivity index (χ0v) is 10.3. The summed E-state index contributed by atoms with van der Waals surface area (Å²) in [6.07, 6.45) is 4.63. The number of rotatable bonds is 8. The quantitative estimate of drug-likeness (QED) is 0.485. The molecule has 0 radical (unpaired) electrons. The highest BCUT2D eigenvalue weighted by atomic mass is 35.5. The Morgan fingerprint density at radius 3 is 2.38 bits per heavy atom. The van der Waals surface area contributed by atoms with Gasteiger partial charge in [0.1, 0.15) is 9.84 Å². The molecule has 0 aromatic carbocycles. The monoisotopic (exact) mass is 244 g/mol. The fraction of sp³-hybridized carbons (Fsp3) is 1.00. The van der Waals surface area contributed by atoms with Crippen LogP contribution >= 0.6 is 23.4 Å². The standard InChI is InChI=1S/C8H17ClO2S2/c1-13(10,11)8-7-12-6-4-2-3-5-9/h2-8H2,1H3. The molecule has 0 aromatic rings. The van der Waals surface area contributed by atoms with Crippen molar-refractivity contribution in [1.29, 1.82) is 0 Å². The largest absolute Gasteiger partial charge is 0.229 e. The third-order valence-corrected chi connectivity index (χ3v) is 4.06. The fourth-order valence-electron chi connectivity index (χ4n) is 0.788. The summed E-state index contributed by atoms with van der Waals surface area (Å²) < 4.78 is 21.5. The van der Waals surface area contributed by atoms with Crippen molar-refractivity contribution in [2.75, 3.05) is 29.4 Å². The van der Waals surface area contributed by atoms with E-state index in [1.165, 1.54) is 6.26 Å². The Labute approximate surface area is 90.3 Å². The van der Waals surface area contributed by atoms with Crippen molar-refractivity contribution in [3.8, 4) is 0 Å². The first-order chi connectivity index (χ1) is 6.06. The van der Waals surface area contributed by atoms with Gasteiger partial charge in [0.15, 0.2) is 0 Å². The molecular formula is C8H17ClO2S2. The molecule has 0 heterocycles. The first-order valence-electron chi connectivity index (χ1n) is 4.37. The number of thioether (sulfide) groups is 1. The zero-order chi connectivity index (χ0) is 10.2. The molecule has 0 fully saturated rings. The highest BCUT2D eigenvalue weighted by Crippen LogP contribution is 2.07. The van der Waals surface area contributed by atoms with Gasteiger partial charge in [-0.3, -0.25) is 0 Å². The van der Waals surface area contributed by atoms with Crippen molar-refractivity contribution in [2.24, 2.45) is 0 Å². The van der Waals surface area contributed by atoms with Crippen LogP contribution in [-0.2, 0) is 9.84 Å². The van der Waals surface area contributed by atoms with Crippen LogP contribution in [0, 0.1) is 0 Å². The van der Waals surface area contributed by atoms with E-state index in [4.69, 9.17) is 11.6 Å². The molecule has 0 aliphatic rings. The summed E-state index contributed by atoms with van der Waals surface area (Å²) in [5, 5.41) is 0. The van der Waals surface area contributed by atoms with Crippen LogP contribution in [0.25, 0.3) is 0 Å². The van der Waals surface area contributed by atoms with Crippen LogP contribution < -0.4 is 0 Å². The molecule has 0 saturated heterocycles. The Hall–Kier alpha value is 0.590. The van der Waals surface area contributed by atoms with Crippen molar-refractivity contribution in [3.63, 3.8) is 0 Å². The lowest BCUT2D eigenvalue weighted by Gasteiger charge is -1.99. The first-order valence-corrected chi connectivity index (χ1v) is 8.12. The molecule has 0 saturated carbocycles. The van der Waals surface area contributed by atoms with Gasteiger partial charge in [-0.15, -0.1) is 11.6 Å². The molecule has 0 aliphatic carbocycles. The molecule has 0 spiro atoms. The molecule has 13 heavy (non-hydrogen) atoms. The minimum Gasteiger partial charge on any atom is -0.229 e. The van der Waals surface area contributed by atoms with Crippen molar-refractivity contribution in [1.82, 2.24) is 0 Å². The maximum absolute atomic E-state index is 10.7. The van der Waals surface area contributed by atoms with Gasteiger partial charge in [-0.25, -0.2) is 8.42 Å². The molecule has 2 nitrogen and oxygen atoms in total. The smallest absolute Gasteiger partial charge is 0.148 e. The number of halogens is 1. The summed E-state index contributed by atoms with van der Waals surface area (Å²) in [6, 6.07) is 0.